The van der Waals surface area contributed by atoms with Crippen LogP contribution in [0, 0.1) is 5.82 Å². The highest BCUT2D eigenvalue weighted by molar-refractivity contribution is 5.72. The summed E-state index contributed by atoms with van der Waals surface area (Å²) in [6.07, 6.45) is 2.57. The number of urea groups is 1. The number of rotatable bonds is 1. The Bertz CT molecular complexity index is 420. The smallest absolute Gasteiger partial charge is 0.342 e. The predicted molar refractivity (Wildman–Crippen MR) is 50.8 cm³/mol. The first-order chi connectivity index (χ1) is 7.16. The Balaban J connectivity index is 2.15. The second-order valence-corrected chi connectivity index (χ2v) is 3.09. The molecular formula is C10H9FN2O2. The molecule has 0 saturated heterocycles. The van der Waals surface area contributed by atoms with Crippen LogP contribution < -0.4 is 5.73 Å². The molecule has 0 aromatic heterocycles. The third-order valence-electron chi connectivity index (χ3n) is 2.02. The number of benzene rings is 1. The van der Waals surface area contributed by atoms with Crippen molar-refractivity contribution in [1.29, 1.82) is 0 Å². The Morgan fingerprint density at radius 3 is 2.93 bits per heavy atom. The molecule has 0 bridgehead atoms. The lowest BCUT2D eigenvalue weighted by Crippen LogP contribution is -2.29. The SMILES string of the molecule is NC(=O)N1C=CC(c2cccc(F)c2)O1. The number of nitrogens with two attached hydrogens (primary N) is 1. The van der Waals surface area contributed by atoms with Crippen LogP contribution in [-0.2, 0) is 4.84 Å². The van der Waals surface area contributed by atoms with Gasteiger partial charge in [-0.1, -0.05) is 12.1 Å². The lowest BCUT2D eigenvalue weighted by molar-refractivity contribution is -0.0905. The van der Waals surface area contributed by atoms with Crippen molar-refractivity contribution in [3.8, 4) is 0 Å². The Morgan fingerprint density at radius 1 is 1.53 bits per heavy atom. The van der Waals surface area contributed by atoms with Gasteiger partial charge in [-0.05, 0) is 23.8 Å². The molecule has 78 valence electrons. The highest BCUT2D eigenvalue weighted by Crippen LogP contribution is 2.25. The highest BCUT2D eigenvalue weighted by atomic mass is 19.1. The molecule has 0 fully saturated rings. The van der Waals surface area contributed by atoms with Gasteiger partial charge in [-0.3, -0.25) is 4.84 Å². The number of hydrogen-bond acceptors (Lipinski definition) is 2. The number of halogens is 1. The van der Waals surface area contributed by atoms with Crippen molar-refractivity contribution in [1.82, 2.24) is 5.06 Å². The molecule has 0 spiro atoms. The minimum Gasteiger partial charge on any atom is -0.349 e. The van der Waals surface area contributed by atoms with Crippen molar-refractivity contribution in [2.75, 3.05) is 0 Å². The van der Waals surface area contributed by atoms with E-state index < -0.39 is 12.1 Å². The van der Waals surface area contributed by atoms with E-state index in [0.29, 0.717) is 5.56 Å². The summed E-state index contributed by atoms with van der Waals surface area (Å²) in [7, 11) is 0. The molecule has 0 saturated carbocycles. The molecule has 2 amide bonds. The van der Waals surface area contributed by atoms with Crippen LogP contribution in [0.25, 0.3) is 0 Å². The van der Waals surface area contributed by atoms with Gasteiger partial charge >= 0.3 is 6.03 Å². The number of carbonyl (C=O) groups excluding carboxylic acids is 1. The quantitative estimate of drug-likeness (QED) is 0.763. The van der Waals surface area contributed by atoms with Gasteiger partial charge in [-0.15, -0.1) is 0 Å². The van der Waals surface area contributed by atoms with E-state index in [-0.39, 0.29) is 5.82 Å². The molecule has 4 nitrogen and oxygen atoms in total. The summed E-state index contributed by atoms with van der Waals surface area (Å²) in [5.74, 6) is -0.345. The van der Waals surface area contributed by atoms with E-state index in [1.165, 1.54) is 18.3 Å². The molecule has 1 aliphatic heterocycles. The van der Waals surface area contributed by atoms with Crippen molar-refractivity contribution in [3.63, 3.8) is 0 Å². The number of hydrogen-bond donors (Lipinski definition) is 1. The molecule has 2 rings (SSSR count). The summed E-state index contributed by atoms with van der Waals surface area (Å²) in [6, 6.07) is 5.27. The fourth-order valence-electron chi connectivity index (χ4n) is 1.33. The maximum absolute atomic E-state index is 12.9. The van der Waals surface area contributed by atoms with Crippen molar-refractivity contribution in [2.24, 2.45) is 5.73 Å². The maximum atomic E-state index is 12.9. The summed E-state index contributed by atoms with van der Waals surface area (Å²) in [6.45, 7) is 0. The van der Waals surface area contributed by atoms with E-state index in [9.17, 15) is 9.18 Å². The molecule has 2 N–H and O–H groups in total. The molecule has 5 heteroatoms. The molecule has 1 aromatic carbocycles. The van der Waals surface area contributed by atoms with Crippen molar-refractivity contribution < 1.29 is 14.0 Å². The van der Waals surface area contributed by atoms with Crippen LogP contribution >= 0.6 is 0 Å². The molecule has 1 aromatic rings. The Hall–Kier alpha value is -1.88. The molecule has 1 atom stereocenters. The first kappa shape index (κ1) is 9.67. The van der Waals surface area contributed by atoms with E-state index in [0.717, 1.165) is 5.06 Å². The lowest BCUT2D eigenvalue weighted by Gasteiger charge is -2.13. The minimum atomic E-state index is -0.704. The topological polar surface area (TPSA) is 55.6 Å². The molecule has 1 unspecified atom stereocenters. The second-order valence-electron chi connectivity index (χ2n) is 3.09. The summed E-state index contributed by atoms with van der Waals surface area (Å²) in [4.78, 5) is 15.9. The lowest BCUT2D eigenvalue weighted by atomic mass is 10.1. The monoisotopic (exact) mass is 208 g/mol. The predicted octanol–water partition coefficient (Wildman–Crippen LogP) is 1.71. The van der Waals surface area contributed by atoms with Crippen LogP contribution in [0.2, 0.25) is 0 Å². The van der Waals surface area contributed by atoms with E-state index in [4.69, 9.17) is 10.6 Å². The third kappa shape index (κ3) is 1.97. The summed E-state index contributed by atoms with van der Waals surface area (Å²) in [5.41, 5.74) is 5.64. The summed E-state index contributed by atoms with van der Waals surface area (Å²) in [5, 5.41) is 0.912. The van der Waals surface area contributed by atoms with Crippen LogP contribution in [-0.4, -0.2) is 11.1 Å². The fraction of sp³-hybridized carbons (Fsp3) is 0.100. The second kappa shape index (κ2) is 3.70. The van der Waals surface area contributed by atoms with Crippen LogP contribution in [0.15, 0.2) is 36.5 Å². The number of hydroxylamine groups is 2. The van der Waals surface area contributed by atoms with Crippen LogP contribution in [0.1, 0.15) is 11.7 Å². The zero-order chi connectivity index (χ0) is 10.8. The molecular weight excluding hydrogens is 199 g/mol. The normalized spacial score (nSPS) is 19.5. The average molecular weight is 208 g/mol. The van der Waals surface area contributed by atoms with Gasteiger partial charge in [0.25, 0.3) is 0 Å². The Kier molecular flexibility index (Phi) is 2.39. The van der Waals surface area contributed by atoms with Gasteiger partial charge in [-0.2, -0.15) is 5.06 Å². The van der Waals surface area contributed by atoms with Gasteiger partial charge in [0.2, 0.25) is 0 Å². The standard InChI is InChI=1S/C10H9FN2O2/c11-8-3-1-2-7(6-8)9-4-5-13(15-9)10(12)14/h1-6,9H,(H2,12,14). The summed E-state index contributed by atoms with van der Waals surface area (Å²) < 4.78 is 12.9. The van der Waals surface area contributed by atoms with Crippen LogP contribution in [0.4, 0.5) is 9.18 Å². The van der Waals surface area contributed by atoms with Gasteiger partial charge in [0.05, 0.1) is 0 Å². The van der Waals surface area contributed by atoms with E-state index in [2.05, 4.69) is 0 Å². The van der Waals surface area contributed by atoms with Crippen LogP contribution in [0.5, 0.6) is 0 Å². The third-order valence-corrected chi connectivity index (χ3v) is 2.02. The van der Waals surface area contributed by atoms with E-state index in [1.54, 1.807) is 18.2 Å². The van der Waals surface area contributed by atoms with Gasteiger partial charge in [0.15, 0.2) is 0 Å². The zero-order valence-corrected chi connectivity index (χ0v) is 7.76. The molecule has 15 heavy (non-hydrogen) atoms. The zero-order valence-electron chi connectivity index (χ0n) is 7.76. The van der Waals surface area contributed by atoms with Gasteiger partial charge < -0.3 is 5.73 Å². The fourth-order valence-corrected chi connectivity index (χ4v) is 1.33. The molecule has 0 aliphatic carbocycles. The Labute approximate surface area is 85.7 Å². The van der Waals surface area contributed by atoms with Gasteiger partial charge in [-0.25, -0.2) is 9.18 Å². The number of amides is 2. The summed E-state index contributed by atoms with van der Waals surface area (Å²) >= 11 is 0. The first-order valence-electron chi connectivity index (χ1n) is 4.36. The molecule has 1 aliphatic rings. The minimum absolute atomic E-state index is 0.345. The Morgan fingerprint density at radius 2 is 2.33 bits per heavy atom. The van der Waals surface area contributed by atoms with E-state index in [1.807, 2.05) is 0 Å². The van der Waals surface area contributed by atoms with Crippen LogP contribution in [0.3, 0.4) is 0 Å². The average Bonchev–Trinajstić information content (AvgIpc) is 2.66. The number of carbonyl (C=O) groups is 1. The van der Waals surface area contributed by atoms with Crippen molar-refractivity contribution in [2.45, 2.75) is 6.10 Å². The van der Waals surface area contributed by atoms with E-state index >= 15 is 0 Å². The maximum Gasteiger partial charge on any atom is 0.342 e. The van der Waals surface area contributed by atoms with Crippen molar-refractivity contribution in [3.05, 3.63) is 47.9 Å². The highest BCUT2D eigenvalue weighted by Gasteiger charge is 2.21. The molecule has 0 radical (unpaired) electrons. The first-order valence-corrected chi connectivity index (χ1v) is 4.36. The largest absolute Gasteiger partial charge is 0.349 e. The van der Waals surface area contributed by atoms with Crippen molar-refractivity contribution >= 4 is 6.03 Å². The molecule has 1 heterocycles. The number of nitrogens with zero attached hydrogens (tertiary/aromatic N) is 1. The number of primary amides is 1. The van der Waals surface area contributed by atoms with Gasteiger partial charge in [0, 0.05) is 6.20 Å². The van der Waals surface area contributed by atoms with Gasteiger partial charge in [0.1, 0.15) is 11.9 Å².